The molecule has 1 heterocycles. The van der Waals surface area contributed by atoms with Gasteiger partial charge in [0.25, 0.3) is 5.91 Å². The smallest absolute Gasteiger partial charge is 0.268 e. The lowest BCUT2D eigenvalue weighted by Crippen LogP contribution is -2.40. The van der Waals surface area contributed by atoms with Crippen molar-refractivity contribution in [1.29, 1.82) is 0 Å². The van der Waals surface area contributed by atoms with E-state index < -0.39 is 17.3 Å². The van der Waals surface area contributed by atoms with Crippen LogP contribution in [0.1, 0.15) is 16.7 Å². The van der Waals surface area contributed by atoms with Crippen molar-refractivity contribution in [2.24, 2.45) is 0 Å². The van der Waals surface area contributed by atoms with Crippen LogP contribution in [0, 0.1) is 11.6 Å². The Kier molecular flexibility index (Phi) is 4.21. The molecule has 1 aliphatic heterocycles. The molecule has 6 heteroatoms. The number of fused-ring (bicyclic) bond motifs is 1. The van der Waals surface area contributed by atoms with Crippen molar-refractivity contribution in [3.63, 3.8) is 0 Å². The van der Waals surface area contributed by atoms with E-state index in [1.165, 1.54) is 47.4 Å². The number of hydrogen-bond acceptors (Lipinski definition) is 2. The molecule has 3 aromatic rings. The highest BCUT2D eigenvalue weighted by Gasteiger charge is 2.51. The molecule has 0 aromatic heterocycles. The highest BCUT2D eigenvalue weighted by Crippen LogP contribution is 2.46. The molecule has 136 valence electrons. The average molecular weight is 386 g/mol. The molecule has 1 amide bonds. The minimum Gasteiger partial charge on any atom is -0.372 e. The molecule has 4 rings (SSSR count). The van der Waals surface area contributed by atoms with Crippen molar-refractivity contribution in [3.8, 4) is 0 Å². The normalized spacial score (nSPS) is 18.7. The van der Waals surface area contributed by atoms with E-state index >= 15 is 0 Å². The number of carbonyl (C=O) groups is 1. The van der Waals surface area contributed by atoms with Gasteiger partial charge in [-0.3, -0.25) is 4.79 Å². The van der Waals surface area contributed by atoms with E-state index in [4.69, 9.17) is 11.6 Å². The fourth-order valence-electron chi connectivity index (χ4n) is 3.35. The van der Waals surface area contributed by atoms with Gasteiger partial charge in [-0.05, 0) is 53.6 Å². The first-order chi connectivity index (χ1) is 12.9. The predicted octanol–water partition coefficient (Wildman–Crippen LogP) is 4.40. The molecular weight excluding hydrogens is 372 g/mol. The SMILES string of the molecule is O=C1N(Cc2ccc(F)cc2)c2ccc(Cl)cc2[C@]1(O)c1ccc(F)cc1. The first kappa shape index (κ1) is 17.6. The van der Waals surface area contributed by atoms with E-state index in [9.17, 15) is 18.7 Å². The monoisotopic (exact) mass is 385 g/mol. The van der Waals surface area contributed by atoms with Crippen LogP contribution in [0.4, 0.5) is 14.5 Å². The van der Waals surface area contributed by atoms with Crippen LogP contribution in [-0.4, -0.2) is 11.0 Å². The quantitative estimate of drug-likeness (QED) is 0.726. The van der Waals surface area contributed by atoms with Crippen molar-refractivity contribution in [1.82, 2.24) is 0 Å². The number of anilines is 1. The number of amides is 1. The van der Waals surface area contributed by atoms with Crippen molar-refractivity contribution < 1.29 is 18.7 Å². The number of rotatable bonds is 3. The van der Waals surface area contributed by atoms with E-state index in [1.807, 2.05) is 0 Å². The molecule has 3 aromatic carbocycles. The highest BCUT2D eigenvalue weighted by molar-refractivity contribution is 6.31. The van der Waals surface area contributed by atoms with Crippen LogP contribution in [0.3, 0.4) is 0 Å². The van der Waals surface area contributed by atoms with Crippen molar-refractivity contribution >= 4 is 23.2 Å². The van der Waals surface area contributed by atoms with E-state index in [2.05, 4.69) is 0 Å². The number of benzene rings is 3. The van der Waals surface area contributed by atoms with Gasteiger partial charge in [0.05, 0.1) is 12.2 Å². The number of aliphatic hydroxyl groups is 1. The van der Waals surface area contributed by atoms with Gasteiger partial charge in [0.2, 0.25) is 0 Å². The Balaban J connectivity index is 1.82. The summed E-state index contributed by atoms with van der Waals surface area (Å²) in [6.07, 6.45) is 0. The summed E-state index contributed by atoms with van der Waals surface area (Å²) in [6.45, 7) is 0.150. The summed E-state index contributed by atoms with van der Waals surface area (Å²) < 4.78 is 26.5. The van der Waals surface area contributed by atoms with Crippen molar-refractivity contribution in [2.45, 2.75) is 12.1 Å². The number of halogens is 3. The zero-order valence-electron chi connectivity index (χ0n) is 14.0. The van der Waals surface area contributed by atoms with Gasteiger partial charge in [-0.1, -0.05) is 35.9 Å². The molecular formula is C21H14ClF2NO2. The zero-order valence-corrected chi connectivity index (χ0v) is 14.8. The first-order valence-corrected chi connectivity index (χ1v) is 8.62. The first-order valence-electron chi connectivity index (χ1n) is 8.24. The molecule has 0 spiro atoms. The molecule has 0 aliphatic carbocycles. The van der Waals surface area contributed by atoms with Crippen LogP contribution in [0.2, 0.25) is 5.02 Å². The standard InChI is InChI=1S/C21H14ClF2NO2/c22-15-5-10-19-18(11-15)21(27,14-3-8-17(24)9-4-14)20(26)25(19)12-13-1-6-16(23)7-2-13/h1-11,27H,12H2/t21-/m1/s1. The summed E-state index contributed by atoms with van der Waals surface area (Å²) >= 11 is 6.09. The van der Waals surface area contributed by atoms with Gasteiger partial charge in [0.1, 0.15) is 11.6 Å². The molecule has 1 aliphatic rings. The van der Waals surface area contributed by atoms with E-state index in [0.29, 0.717) is 21.8 Å². The van der Waals surface area contributed by atoms with Gasteiger partial charge < -0.3 is 10.0 Å². The Morgan fingerprint density at radius 2 is 1.52 bits per heavy atom. The summed E-state index contributed by atoms with van der Waals surface area (Å²) in [5.41, 5.74) is -0.198. The molecule has 0 fully saturated rings. The maximum atomic E-state index is 13.3. The Labute approximate surface area is 159 Å². The van der Waals surface area contributed by atoms with Gasteiger partial charge in [-0.25, -0.2) is 8.78 Å². The van der Waals surface area contributed by atoms with E-state index in [0.717, 1.165) is 0 Å². The lowest BCUT2D eigenvalue weighted by Gasteiger charge is -2.24. The minimum absolute atomic E-state index is 0.150. The highest BCUT2D eigenvalue weighted by atomic mass is 35.5. The fraction of sp³-hybridized carbons (Fsp3) is 0.0952. The molecule has 0 radical (unpaired) electrons. The van der Waals surface area contributed by atoms with Crippen molar-refractivity contribution in [3.05, 3.63) is 100 Å². The maximum Gasteiger partial charge on any atom is 0.268 e. The summed E-state index contributed by atoms with van der Waals surface area (Å²) in [7, 11) is 0. The van der Waals surface area contributed by atoms with Crippen LogP contribution in [0.25, 0.3) is 0 Å². The lowest BCUT2D eigenvalue weighted by molar-refractivity contribution is -0.132. The van der Waals surface area contributed by atoms with Gasteiger partial charge >= 0.3 is 0 Å². The lowest BCUT2D eigenvalue weighted by atomic mass is 9.87. The second-order valence-electron chi connectivity index (χ2n) is 6.40. The third kappa shape index (κ3) is 2.89. The molecule has 3 nitrogen and oxygen atoms in total. The Hall–Kier alpha value is -2.76. The van der Waals surface area contributed by atoms with Crippen LogP contribution >= 0.6 is 11.6 Å². The molecule has 0 saturated heterocycles. The number of nitrogens with zero attached hydrogens (tertiary/aromatic N) is 1. The number of carbonyl (C=O) groups excluding carboxylic acids is 1. The average Bonchev–Trinajstić information content (AvgIpc) is 2.86. The molecule has 1 N–H and O–H groups in total. The van der Waals surface area contributed by atoms with Crippen LogP contribution < -0.4 is 4.90 Å². The Morgan fingerprint density at radius 1 is 0.926 bits per heavy atom. The predicted molar refractivity (Wildman–Crippen MR) is 98.4 cm³/mol. The Bertz CT molecular complexity index is 1020. The van der Waals surface area contributed by atoms with Gasteiger partial charge in [0.15, 0.2) is 5.60 Å². The molecule has 0 unspecified atom stereocenters. The molecule has 1 atom stereocenters. The summed E-state index contributed by atoms with van der Waals surface area (Å²) in [6, 6.07) is 15.7. The number of hydrogen-bond donors (Lipinski definition) is 1. The Morgan fingerprint density at radius 3 is 2.15 bits per heavy atom. The third-order valence-corrected chi connectivity index (χ3v) is 4.94. The molecule has 0 bridgehead atoms. The van der Waals surface area contributed by atoms with Crippen LogP contribution in [-0.2, 0) is 16.9 Å². The maximum absolute atomic E-state index is 13.3. The molecule has 0 saturated carbocycles. The largest absolute Gasteiger partial charge is 0.372 e. The van der Waals surface area contributed by atoms with Gasteiger partial charge in [0, 0.05) is 10.6 Å². The van der Waals surface area contributed by atoms with Crippen LogP contribution in [0.5, 0.6) is 0 Å². The van der Waals surface area contributed by atoms with E-state index in [1.54, 1.807) is 24.3 Å². The summed E-state index contributed by atoms with van der Waals surface area (Å²) in [4.78, 5) is 14.6. The summed E-state index contributed by atoms with van der Waals surface area (Å²) in [5.74, 6) is -1.42. The topological polar surface area (TPSA) is 40.5 Å². The zero-order chi connectivity index (χ0) is 19.2. The van der Waals surface area contributed by atoms with Crippen LogP contribution in [0.15, 0.2) is 66.7 Å². The van der Waals surface area contributed by atoms with Gasteiger partial charge in [-0.2, -0.15) is 0 Å². The van der Waals surface area contributed by atoms with E-state index in [-0.39, 0.29) is 17.9 Å². The molecule has 27 heavy (non-hydrogen) atoms. The second kappa shape index (κ2) is 6.44. The second-order valence-corrected chi connectivity index (χ2v) is 6.83. The van der Waals surface area contributed by atoms with Crippen molar-refractivity contribution in [2.75, 3.05) is 4.90 Å². The summed E-state index contributed by atoms with van der Waals surface area (Å²) in [5, 5.41) is 11.7. The third-order valence-electron chi connectivity index (χ3n) is 4.71. The minimum atomic E-state index is -1.98. The van der Waals surface area contributed by atoms with Gasteiger partial charge in [-0.15, -0.1) is 0 Å². The fourth-order valence-corrected chi connectivity index (χ4v) is 3.52.